The average molecular weight is 417 g/mol. The van der Waals surface area contributed by atoms with Crippen LogP contribution in [0, 0.1) is 5.92 Å². The molecule has 0 aromatic rings. The second-order valence-electron chi connectivity index (χ2n) is 6.51. The Kier molecular flexibility index (Phi) is 18.0. The molecule has 2 unspecified atom stereocenters. The maximum absolute atomic E-state index is 12.0. The Labute approximate surface area is 186 Å². The molecule has 0 saturated heterocycles. The third-order valence-corrected chi connectivity index (χ3v) is 5.28. The molecule has 0 heterocycles. The van der Waals surface area contributed by atoms with Crippen LogP contribution in [0.2, 0.25) is 0 Å². The van der Waals surface area contributed by atoms with E-state index in [1.807, 2.05) is 20.8 Å². The van der Waals surface area contributed by atoms with E-state index in [9.17, 15) is 22.6 Å². The SMILES string of the molecule is CCCCCCOC(=O)CC(C(=O)OCC(CC)CCCC)S(=O)(=O)[O-].[Na+]. The zero-order valence-electron chi connectivity index (χ0n) is 17.2. The Bertz CT molecular complexity index is 508. The number of carbonyl (C=O) groups excluding carboxylic acids is 2. The third kappa shape index (κ3) is 14.5. The number of rotatable bonds is 15. The van der Waals surface area contributed by atoms with Crippen molar-refractivity contribution in [2.45, 2.75) is 83.8 Å². The van der Waals surface area contributed by atoms with Crippen molar-refractivity contribution in [3.8, 4) is 0 Å². The van der Waals surface area contributed by atoms with Gasteiger partial charge < -0.3 is 14.0 Å². The number of esters is 2. The minimum absolute atomic E-state index is 0. The summed E-state index contributed by atoms with van der Waals surface area (Å²) in [7, 11) is -5.00. The van der Waals surface area contributed by atoms with Gasteiger partial charge in [-0.3, -0.25) is 9.59 Å². The van der Waals surface area contributed by atoms with Crippen LogP contribution >= 0.6 is 0 Å². The van der Waals surface area contributed by atoms with Crippen molar-refractivity contribution >= 4 is 22.1 Å². The second-order valence-corrected chi connectivity index (χ2v) is 8.07. The summed E-state index contributed by atoms with van der Waals surface area (Å²) in [6.07, 6.45) is 6.42. The first-order valence-corrected chi connectivity index (χ1v) is 11.0. The molecule has 0 spiro atoms. The van der Waals surface area contributed by atoms with Crippen molar-refractivity contribution in [1.82, 2.24) is 0 Å². The Balaban J connectivity index is 0. The maximum atomic E-state index is 12.0. The molecule has 0 bridgehead atoms. The Morgan fingerprint density at radius 3 is 2.11 bits per heavy atom. The van der Waals surface area contributed by atoms with Gasteiger partial charge >= 0.3 is 41.5 Å². The number of hydrogen-bond acceptors (Lipinski definition) is 7. The molecule has 9 heteroatoms. The predicted molar refractivity (Wildman–Crippen MR) is 97.5 cm³/mol. The monoisotopic (exact) mass is 416 g/mol. The first-order valence-electron chi connectivity index (χ1n) is 9.53. The van der Waals surface area contributed by atoms with Gasteiger partial charge in [-0.15, -0.1) is 0 Å². The number of hydrogen-bond donors (Lipinski definition) is 0. The summed E-state index contributed by atoms with van der Waals surface area (Å²) in [6.45, 7) is 6.24. The van der Waals surface area contributed by atoms with Gasteiger partial charge in [0, 0.05) is 0 Å². The first kappa shape index (κ1) is 29.1. The molecule has 7 nitrogen and oxygen atoms in total. The van der Waals surface area contributed by atoms with E-state index in [2.05, 4.69) is 0 Å². The summed E-state index contributed by atoms with van der Waals surface area (Å²) < 4.78 is 44.0. The molecule has 0 aliphatic rings. The van der Waals surface area contributed by atoms with Crippen LogP contribution in [0.4, 0.5) is 0 Å². The molecule has 0 aromatic heterocycles. The third-order valence-electron chi connectivity index (χ3n) is 4.23. The molecule has 0 N–H and O–H groups in total. The van der Waals surface area contributed by atoms with Gasteiger partial charge in [-0.25, -0.2) is 8.42 Å². The normalized spacial score (nSPS) is 13.3. The number of unbranched alkanes of at least 4 members (excludes halogenated alkanes) is 4. The molecule has 0 rings (SSSR count). The summed E-state index contributed by atoms with van der Waals surface area (Å²) in [5, 5.41) is -2.05. The zero-order valence-corrected chi connectivity index (χ0v) is 20.0. The van der Waals surface area contributed by atoms with Crippen LogP contribution in [0.15, 0.2) is 0 Å². The van der Waals surface area contributed by atoms with E-state index >= 15 is 0 Å². The summed E-state index contributed by atoms with van der Waals surface area (Å²) in [4.78, 5) is 23.8. The van der Waals surface area contributed by atoms with Crippen molar-refractivity contribution in [2.75, 3.05) is 13.2 Å². The van der Waals surface area contributed by atoms with Gasteiger partial charge in [0.15, 0.2) is 5.25 Å². The summed E-state index contributed by atoms with van der Waals surface area (Å²) >= 11 is 0. The van der Waals surface area contributed by atoms with E-state index in [0.29, 0.717) is 6.42 Å². The fourth-order valence-corrected chi connectivity index (χ4v) is 3.06. The van der Waals surface area contributed by atoms with Gasteiger partial charge in [0.1, 0.15) is 10.1 Å². The van der Waals surface area contributed by atoms with Gasteiger partial charge in [-0.2, -0.15) is 0 Å². The Morgan fingerprint density at radius 2 is 1.59 bits per heavy atom. The van der Waals surface area contributed by atoms with Crippen molar-refractivity contribution in [2.24, 2.45) is 5.92 Å². The van der Waals surface area contributed by atoms with Gasteiger partial charge in [0.25, 0.3) is 0 Å². The standard InChI is InChI=1S/C18H34O7S.Na/c1-4-7-9-10-12-24-17(19)13-16(26(21,22)23)18(20)25-14-15(6-3)11-8-5-2;/h15-16H,4-14H2,1-3H3,(H,21,22,23);/q;+1/p-1. The number of carbonyl (C=O) groups is 2. The quantitative estimate of drug-likeness (QED) is 0.162. The molecule has 0 saturated carbocycles. The zero-order chi connectivity index (χ0) is 20.0. The molecular weight excluding hydrogens is 383 g/mol. The van der Waals surface area contributed by atoms with Crippen molar-refractivity contribution in [3.63, 3.8) is 0 Å². The second kappa shape index (κ2) is 16.8. The van der Waals surface area contributed by atoms with Gasteiger partial charge in [0.05, 0.1) is 19.6 Å². The number of ether oxygens (including phenoxy) is 2. The molecule has 27 heavy (non-hydrogen) atoms. The van der Waals surface area contributed by atoms with Crippen LogP contribution in [-0.2, 0) is 29.2 Å². The molecule has 2 atom stereocenters. The van der Waals surface area contributed by atoms with E-state index in [0.717, 1.165) is 44.9 Å². The molecule has 154 valence electrons. The molecule has 0 amide bonds. The average Bonchev–Trinajstić information content (AvgIpc) is 2.58. The van der Waals surface area contributed by atoms with Crippen molar-refractivity contribution < 1.29 is 61.6 Å². The summed E-state index contributed by atoms with van der Waals surface area (Å²) in [5.41, 5.74) is 0. The van der Waals surface area contributed by atoms with Crippen LogP contribution in [-0.4, -0.2) is 43.4 Å². The van der Waals surface area contributed by atoms with E-state index in [1.165, 1.54) is 0 Å². The van der Waals surface area contributed by atoms with E-state index < -0.39 is 33.7 Å². The van der Waals surface area contributed by atoms with Crippen LogP contribution in [0.25, 0.3) is 0 Å². The topological polar surface area (TPSA) is 110 Å². The van der Waals surface area contributed by atoms with Gasteiger partial charge in [0.2, 0.25) is 0 Å². The van der Waals surface area contributed by atoms with Gasteiger partial charge in [-0.05, 0) is 18.8 Å². The van der Waals surface area contributed by atoms with Crippen LogP contribution in [0.1, 0.15) is 78.6 Å². The Morgan fingerprint density at radius 1 is 0.963 bits per heavy atom. The molecular formula is C18H33NaO7S. The van der Waals surface area contributed by atoms with Crippen LogP contribution in [0.5, 0.6) is 0 Å². The molecule has 0 radical (unpaired) electrons. The Hall–Kier alpha value is -0.150. The van der Waals surface area contributed by atoms with Gasteiger partial charge in [-0.1, -0.05) is 59.3 Å². The first-order chi connectivity index (χ1) is 12.3. The van der Waals surface area contributed by atoms with Crippen LogP contribution in [0.3, 0.4) is 0 Å². The fraction of sp³-hybridized carbons (Fsp3) is 0.889. The van der Waals surface area contributed by atoms with Crippen molar-refractivity contribution in [3.05, 3.63) is 0 Å². The predicted octanol–water partition coefficient (Wildman–Crippen LogP) is 0.177. The minimum Gasteiger partial charge on any atom is -0.747 e. The van der Waals surface area contributed by atoms with E-state index in [4.69, 9.17) is 9.47 Å². The fourth-order valence-electron chi connectivity index (χ4n) is 2.42. The van der Waals surface area contributed by atoms with Crippen molar-refractivity contribution in [1.29, 1.82) is 0 Å². The van der Waals surface area contributed by atoms with E-state index in [1.54, 1.807) is 0 Å². The molecule has 0 aromatic carbocycles. The largest absolute Gasteiger partial charge is 1.00 e. The molecule has 0 fully saturated rings. The smallest absolute Gasteiger partial charge is 0.747 e. The summed E-state index contributed by atoms with van der Waals surface area (Å²) in [6, 6.07) is 0. The minimum atomic E-state index is -5.00. The van der Waals surface area contributed by atoms with Crippen LogP contribution < -0.4 is 29.6 Å². The molecule has 0 aliphatic carbocycles. The van der Waals surface area contributed by atoms with E-state index in [-0.39, 0.29) is 48.7 Å². The summed E-state index contributed by atoms with van der Waals surface area (Å²) in [5.74, 6) is -1.93. The maximum Gasteiger partial charge on any atom is 1.00 e. The molecule has 0 aliphatic heterocycles.